The van der Waals surface area contributed by atoms with Crippen LogP contribution in [-0.4, -0.2) is 25.3 Å². The Kier molecular flexibility index (Phi) is 3.09. The first kappa shape index (κ1) is 13.2. The third-order valence-electron chi connectivity index (χ3n) is 3.27. The number of pyridine rings is 2. The second-order valence-electron chi connectivity index (χ2n) is 4.82. The highest BCUT2D eigenvalue weighted by Gasteiger charge is 2.12. The van der Waals surface area contributed by atoms with Crippen LogP contribution in [0.25, 0.3) is 17.1 Å². The van der Waals surface area contributed by atoms with Crippen molar-refractivity contribution in [1.29, 1.82) is 0 Å². The fourth-order valence-corrected chi connectivity index (χ4v) is 2.21. The number of carbonyl (C=O) groups is 1. The van der Waals surface area contributed by atoms with Gasteiger partial charge in [-0.05, 0) is 24.3 Å². The summed E-state index contributed by atoms with van der Waals surface area (Å²) in [4.78, 5) is 24.7. The molecule has 0 unspecified atom stereocenters. The number of carbonyl (C=O) groups excluding carboxylic acids is 1. The Balaban J connectivity index is 1.65. The van der Waals surface area contributed by atoms with E-state index >= 15 is 0 Å². The molecule has 0 aliphatic carbocycles. The highest BCUT2D eigenvalue weighted by atomic mass is 16.3. The van der Waals surface area contributed by atoms with E-state index in [1.54, 1.807) is 47.3 Å². The predicted molar refractivity (Wildman–Crippen MR) is 82.9 cm³/mol. The van der Waals surface area contributed by atoms with Crippen molar-refractivity contribution in [3.05, 3.63) is 67.1 Å². The molecule has 112 valence electrons. The zero-order chi connectivity index (χ0) is 15.6. The minimum absolute atomic E-state index is 0.306. The van der Waals surface area contributed by atoms with Crippen LogP contribution in [0.3, 0.4) is 0 Å². The minimum atomic E-state index is -0.315. The van der Waals surface area contributed by atoms with E-state index < -0.39 is 0 Å². The number of amides is 1. The maximum atomic E-state index is 12.2. The Morgan fingerprint density at radius 3 is 2.83 bits per heavy atom. The molecule has 0 radical (unpaired) electrons. The molecule has 1 amide bonds. The number of rotatable bonds is 3. The van der Waals surface area contributed by atoms with Gasteiger partial charge in [-0.3, -0.25) is 4.79 Å². The summed E-state index contributed by atoms with van der Waals surface area (Å²) >= 11 is 0. The van der Waals surface area contributed by atoms with E-state index in [0.717, 1.165) is 5.56 Å². The van der Waals surface area contributed by atoms with Gasteiger partial charge < -0.3 is 14.1 Å². The summed E-state index contributed by atoms with van der Waals surface area (Å²) in [5.74, 6) is 0.681. The van der Waals surface area contributed by atoms with Crippen LogP contribution >= 0.6 is 0 Å². The summed E-state index contributed by atoms with van der Waals surface area (Å²) in [5.41, 5.74) is 1.77. The van der Waals surface area contributed by atoms with Crippen LogP contribution in [0.4, 0.5) is 5.82 Å². The second kappa shape index (κ2) is 5.38. The van der Waals surface area contributed by atoms with Gasteiger partial charge in [0, 0.05) is 18.6 Å². The molecule has 0 aromatic carbocycles. The first-order valence-electron chi connectivity index (χ1n) is 6.90. The zero-order valence-corrected chi connectivity index (χ0v) is 11.9. The number of nitrogens with zero attached hydrogens (tertiary/aromatic N) is 4. The van der Waals surface area contributed by atoms with Gasteiger partial charge in [-0.25, -0.2) is 15.0 Å². The van der Waals surface area contributed by atoms with E-state index in [9.17, 15) is 4.79 Å². The van der Waals surface area contributed by atoms with Crippen LogP contribution in [0.5, 0.6) is 0 Å². The summed E-state index contributed by atoms with van der Waals surface area (Å²) in [6.07, 6.45) is 8.17. The van der Waals surface area contributed by atoms with Crippen molar-refractivity contribution in [3.63, 3.8) is 0 Å². The average Bonchev–Trinajstić information content (AvgIpc) is 3.24. The number of imidazole rings is 1. The molecule has 1 N–H and O–H groups in total. The topological polar surface area (TPSA) is 85.3 Å². The third kappa shape index (κ3) is 2.55. The highest BCUT2D eigenvalue weighted by molar-refractivity contribution is 6.02. The number of anilines is 1. The van der Waals surface area contributed by atoms with Crippen molar-refractivity contribution < 1.29 is 9.21 Å². The summed E-state index contributed by atoms with van der Waals surface area (Å²) in [6, 6.07) is 8.94. The Morgan fingerprint density at radius 1 is 1.09 bits per heavy atom. The van der Waals surface area contributed by atoms with Crippen LogP contribution < -0.4 is 5.32 Å². The SMILES string of the molecule is O=C(Nc1ccccn1)c1cn2cc(-c3ncco3)ccc2n1. The quantitative estimate of drug-likeness (QED) is 0.629. The van der Waals surface area contributed by atoms with Crippen molar-refractivity contribution in [1.82, 2.24) is 19.4 Å². The van der Waals surface area contributed by atoms with Gasteiger partial charge >= 0.3 is 0 Å². The van der Waals surface area contributed by atoms with Crippen LogP contribution in [0.2, 0.25) is 0 Å². The molecule has 0 bridgehead atoms. The average molecular weight is 305 g/mol. The highest BCUT2D eigenvalue weighted by Crippen LogP contribution is 2.18. The second-order valence-corrected chi connectivity index (χ2v) is 4.82. The van der Waals surface area contributed by atoms with E-state index in [2.05, 4.69) is 20.3 Å². The molecule has 0 aliphatic heterocycles. The lowest BCUT2D eigenvalue weighted by molar-refractivity contribution is 0.102. The summed E-state index contributed by atoms with van der Waals surface area (Å²) < 4.78 is 7.03. The molecule has 0 aliphatic rings. The van der Waals surface area contributed by atoms with Gasteiger partial charge in [0.05, 0.1) is 11.8 Å². The van der Waals surface area contributed by atoms with Gasteiger partial charge in [-0.1, -0.05) is 6.07 Å². The largest absolute Gasteiger partial charge is 0.444 e. The Labute approximate surface area is 130 Å². The van der Waals surface area contributed by atoms with Crippen molar-refractivity contribution in [3.8, 4) is 11.5 Å². The van der Waals surface area contributed by atoms with E-state index in [-0.39, 0.29) is 5.91 Å². The molecule has 0 spiro atoms. The lowest BCUT2D eigenvalue weighted by Gasteiger charge is -2.00. The van der Waals surface area contributed by atoms with Crippen molar-refractivity contribution >= 4 is 17.4 Å². The monoisotopic (exact) mass is 305 g/mol. The number of oxazole rings is 1. The van der Waals surface area contributed by atoms with Crippen molar-refractivity contribution in [2.45, 2.75) is 0 Å². The van der Waals surface area contributed by atoms with Crippen molar-refractivity contribution in [2.75, 3.05) is 5.32 Å². The number of fused-ring (bicyclic) bond motifs is 1. The number of hydrogen-bond donors (Lipinski definition) is 1. The van der Waals surface area contributed by atoms with Gasteiger partial charge in [0.2, 0.25) is 5.89 Å². The maximum absolute atomic E-state index is 12.2. The molecule has 4 rings (SSSR count). The molecule has 4 aromatic rings. The van der Waals surface area contributed by atoms with E-state index in [1.165, 1.54) is 6.26 Å². The number of nitrogens with one attached hydrogen (secondary N) is 1. The van der Waals surface area contributed by atoms with Crippen LogP contribution in [-0.2, 0) is 0 Å². The van der Waals surface area contributed by atoms with E-state index in [4.69, 9.17) is 4.42 Å². The summed E-state index contributed by atoms with van der Waals surface area (Å²) in [5, 5.41) is 2.70. The Morgan fingerprint density at radius 2 is 2.04 bits per heavy atom. The van der Waals surface area contributed by atoms with Crippen LogP contribution in [0.1, 0.15) is 10.5 Å². The molecule has 7 nitrogen and oxygen atoms in total. The molecule has 0 saturated carbocycles. The molecule has 0 fully saturated rings. The molecule has 0 saturated heterocycles. The Bertz CT molecular complexity index is 961. The number of aromatic nitrogens is 4. The fourth-order valence-electron chi connectivity index (χ4n) is 2.21. The smallest absolute Gasteiger partial charge is 0.277 e. The van der Waals surface area contributed by atoms with E-state index in [1.807, 2.05) is 12.3 Å². The van der Waals surface area contributed by atoms with Gasteiger partial charge in [-0.15, -0.1) is 0 Å². The van der Waals surface area contributed by atoms with Crippen LogP contribution in [0, 0.1) is 0 Å². The first-order chi connectivity index (χ1) is 11.3. The van der Waals surface area contributed by atoms with E-state index in [0.29, 0.717) is 23.0 Å². The van der Waals surface area contributed by atoms with Crippen LogP contribution in [0.15, 0.2) is 65.8 Å². The van der Waals surface area contributed by atoms with Gasteiger partial charge in [0.15, 0.2) is 0 Å². The molecular formula is C16H11N5O2. The zero-order valence-electron chi connectivity index (χ0n) is 11.9. The lowest BCUT2D eigenvalue weighted by atomic mass is 10.3. The third-order valence-corrected chi connectivity index (χ3v) is 3.27. The summed E-state index contributed by atoms with van der Waals surface area (Å²) in [7, 11) is 0. The fraction of sp³-hybridized carbons (Fsp3) is 0. The van der Waals surface area contributed by atoms with Crippen molar-refractivity contribution in [2.24, 2.45) is 0 Å². The lowest BCUT2D eigenvalue weighted by Crippen LogP contribution is -2.13. The predicted octanol–water partition coefficient (Wildman–Crippen LogP) is 2.64. The first-order valence-corrected chi connectivity index (χ1v) is 6.90. The van der Waals surface area contributed by atoms with Gasteiger partial charge in [-0.2, -0.15) is 0 Å². The molecule has 7 heteroatoms. The van der Waals surface area contributed by atoms with Gasteiger partial charge in [0.25, 0.3) is 5.91 Å². The Hall–Kier alpha value is -3.48. The number of hydrogen-bond acceptors (Lipinski definition) is 5. The maximum Gasteiger partial charge on any atom is 0.277 e. The normalized spacial score (nSPS) is 10.8. The molecule has 0 atom stereocenters. The molecule has 4 aromatic heterocycles. The summed E-state index contributed by atoms with van der Waals surface area (Å²) in [6.45, 7) is 0. The molecule has 4 heterocycles. The molecule has 23 heavy (non-hydrogen) atoms. The molecular weight excluding hydrogens is 294 g/mol. The standard InChI is InChI=1S/C16H11N5O2/c22-15(20-13-3-1-2-6-17-13)12-10-21-9-11(4-5-14(21)19-12)16-18-7-8-23-16/h1-10H,(H,17,20,22). The van der Waals surface area contributed by atoms with Gasteiger partial charge in [0.1, 0.15) is 23.4 Å². The minimum Gasteiger partial charge on any atom is -0.444 e.